The molecular formula is C18H24N2O2. The highest BCUT2D eigenvalue weighted by molar-refractivity contribution is 5.94. The summed E-state index contributed by atoms with van der Waals surface area (Å²) in [5.74, 6) is 0.0748. The first kappa shape index (κ1) is 16.3. The standard InChI is InChI=1S/C18H24N2O2/c1-3-12-20(17(21)4-2)16-10-13-19(14-11-16)18(22)15-8-6-5-7-9-15/h4-9,16H,2-3,10-14H2,1H3. The quantitative estimate of drug-likeness (QED) is 0.785. The van der Waals surface area contributed by atoms with Crippen molar-refractivity contribution in [2.45, 2.75) is 32.2 Å². The predicted octanol–water partition coefficient (Wildman–Crippen LogP) is 2.72. The van der Waals surface area contributed by atoms with Crippen LogP contribution in [0.15, 0.2) is 43.0 Å². The molecule has 2 rings (SSSR count). The van der Waals surface area contributed by atoms with E-state index < -0.39 is 0 Å². The Balaban J connectivity index is 1.96. The van der Waals surface area contributed by atoms with Crippen LogP contribution in [0.3, 0.4) is 0 Å². The molecule has 1 aliphatic heterocycles. The molecule has 1 aliphatic rings. The zero-order valence-corrected chi connectivity index (χ0v) is 13.2. The zero-order chi connectivity index (χ0) is 15.9. The van der Waals surface area contributed by atoms with Crippen molar-refractivity contribution in [3.63, 3.8) is 0 Å². The van der Waals surface area contributed by atoms with Crippen LogP contribution in [0, 0.1) is 0 Å². The SMILES string of the molecule is C=CC(=O)N(CCC)C1CCN(C(=O)c2ccccc2)CC1. The number of likely N-dealkylation sites (tertiary alicyclic amines) is 1. The minimum absolute atomic E-state index is 0.00492. The van der Waals surface area contributed by atoms with Gasteiger partial charge in [0.05, 0.1) is 0 Å². The molecule has 1 aromatic rings. The van der Waals surface area contributed by atoms with E-state index in [4.69, 9.17) is 0 Å². The van der Waals surface area contributed by atoms with E-state index in [2.05, 4.69) is 13.5 Å². The maximum absolute atomic E-state index is 12.4. The maximum atomic E-state index is 12.4. The van der Waals surface area contributed by atoms with E-state index in [1.807, 2.05) is 40.1 Å². The lowest BCUT2D eigenvalue weighted by atomic mass is 10.0. The lowest BCUT2D eigenvalue weighted by Crippen LogP contribution is -2.48. The molecule has 1 saturated heterocycles. The highest BCUT2D eigenvalue weighted by Gasteiger charge is 2.28. The average molecular weight is 300 g/mol. The first-order valence-corrected chi connectivity index (χ1v) is 7.94. The lowest BCUT2D eigenvalue weighted by Gasteiger charge is -2.38. The molecule has 0 saturated carbocycles. The minimum Gasteiger partial charge on any atom is -0.338 e. The number of carbonyl (C=O) groups excluding carboxylic acids is 2. The number of carbonyl (C=O) groups is 2. The van der Waals surface area contributed by atoms with Gasteiger partial charge in [-0.1, -0.05) is 31.7 Å². The van der Waals surface area contributed by atoms with Gasteiger partial charge < -0.3 is 9.80 Å². The Kier molecular flexibility index (Phi) is 5.75. The van der Waals surface area contributed by atoms with E-state index in [0.717, 1.165) is 31.4 Å². The Morgan fingerprint density at radius 3 is 2.45 bits per heavy atom. The third-order valence-corrected chi connectivity index (χ3v) is 4.14. The van der Waals surface area contributed by atoms with Gasteiger partial charge in [-0.2, -0.15) is 0 Å². The Hall–Kier alpha value is -2.10. The summed E-state index contributed by atoms with van der Waals surface area (Å²) in [6.07, 6.45) is 3.98. The molecule has 0 bridgehead atoms. The van der Waals surface area contributed by atoms with Crippen LogP contribution < -0.4 is 0 Å². The third kappa shape index (κ3) is 3.75. The number of hydrogen-bond donors (Lipinski definition) is 0. The molecule has 118 valence electrons. The Morgan fingerprint density at radius 2 is 1.91 bits per heavy atom. The molecule has 0 aromatic heterocycles. The molecule has 0 radical (unpaired) electrons. The second-order valence-electron chi connectivity index (χ2n) is 5.63. The number of hydrogen-bond acceptors (Lipinski definition) is 2. The van der Waals surface area contributed by atoms with Crippen LogP contribution in [0.5, 0.6) is 0 Å². The number of amides is 2. The summed E-state index contributed by atoms with van der Waals surface area (Å²) in [6, 6.07) is 9.58. The molecule has 0 spiro atoms. The molecule has 0 unspecified atom stereocenters. The highest BCUT2D eigenvalue weighted by Crippen LogP contribution is 2.19. The van der Waals surface area contributed by atoms with Gasteiger partial charge in [0.15, 0.2) is 0 Å². The number of rotatable bonds is 5. The normalized spacial score (nSPS) is 15.4. The molecule has 1 aromatic carbocycles. The van der Waals surface area contributed by atoms with E-state index in [0.29, 0.717) is 13.1 Å². The van der Waals surface area contributed by atoms with Crippen molar-refractivity contribution >= 4 is 11.8 Å². The third-order valence-electron chi connectivity index (χ3n) is 4.14. The Bertz CT molecular complexity index is 519. The molecular weight excluding hydrogens is 276 g/mol. The monoisotopic (exact) mass is 300 g/mol. The van der Waals surface area contributed by atoms with Crippen molar-refractivity contribution in [2.75, 3.05) is 19.6 Å². The molecule has 1 fully saturated rings. The van der Waals surface area contributed by atoms with Crippen LogP contribution in [0.25, 0.3) is 0 Å². The Labute approximate surface area is 132 Å². The van der Waals surface area contributed by atoms with Gasteiger partial charge in [0.25, 0.3) is 5.91 Å². The van der Waals surface area contributed by atoms with Gasteiger partial charge in [0.2, 0.25) is 5.91 Å². The first-order valence-electron chi connectivity index (χ1n) is 7.94. The summed E-state index contributed by atoms with van der Waals surface area (Å²) in [6.45, 7) is 7.80. The molecule has 0 aliphatic carbocycles. The summed E-state index contributed by atoms with van der Waals surface area (Å²) >= 11 is 0. The molecule has 2 amide bonds. The van der Waals surface area contributed by atoms with Gasteiger partial charge in [-0.3, -0.25) is 9.59 Å². The fourth-order valence-electron chi connectivity index (χ4n) is 2.97. The van der Waals surface area contributed by atoms with Crippen LogP contribution in [-0.4, -0.2) is 47.3 Å². The summed E-state index contributed by atoms with van der Waals surface area (Å²) in [7, 11) is 0. The van der Waals surface area contributed by atoms with E-state index in [-0.39, 0.29) is 17.9 Å². The number of nitrogens with zero attached hydrogens (tertiary/aromatic N) is 2. The average Bonchev–Trinajstić information content (AvgIpc) is 2.59. The van der Waals surface area contributed by atoms with Crippen molar-refractivity contribution in [1.29, 1.82) is 0 Å². The molecule has 0 N–H and O–H groups in total. The number of benzene rings is 1. The summed E-state index contributed by atoms with van der Waals surface area (Å²) in [4.78, 5) is 28.2. The van der Waals surface area contributed by atoms with Crippen molar-refractivity contribution in [1.82, 2.24) is 9.80 Å². The van der Waals surface area contributed by atoms with Crippen molar-refractivity contribution in [3.05, 3.63) is 48.6 Å². The van der Waals surface area contributed by atoms with Crippen LogP contribution in [0.4, 0.5) is 0 Å². The minimum atomic E-state index is -0.00492. The largest absolute Gasteiger partial charge is 0.338 e. The van der Waals surface area contributed by atoms with Crippen molar-refractivity contribution in [2.24, 2.45) is 0 Å². The zero-order valence-electron chi connectivity index (χ0n) is 13.2. The van der Waals surface area contributed by atoms with Gasteiger partial charge in [0, 0.05) is 31.2 Å². The van der Waals surface area contributed by atoms with Gasteiger partial charge in [-0.05, 0) is 37.5 Å². The molecule has 4 nitrogen and oxygen atoms in total. The molecule has 0 atom stereocenters. The second kappa shape index (κ2) is 7.78. The molecule has 22 heavy (non-hydrogen) atoms. The van der Waals surface area contributed by atoms with E-state index in [9.17, 15) is 9.59 Å². The topological polar surface area (TPSA) is 40.6 Å². The fraction of sp³-hybridized carbons (Fsp3) is 0.444. The summed E-state index contributed by atoms with van der Waals surface area (Å²) in [5, 5.41) is 0. The predicted molar refractivity (Wildman–Crippen MR) is 87.6 cm³/mol. The second-order valence-corrected chi connectivity index (χ2v) is 5.63. The van der Waals surface area contributed by atoms with Crippen molar-refractivity contribution < 1.29 is 9.59 Å². The smallest absolute Gasteiger partial charge is 0.253 e. The van der Waals surface area contributed by atoms with Crippen LogP contribution in [0.1, 0.15) is 36.5 Å². The number of piperidine rings is 1. The summed E-state index contributed by atoms with van der Waals surface area (Å²) in [5.41, 5.74) is 0.730. The van der Waals surface area contributed by atoms with Gasteiger partial charge in [-0.15, -0.1) is 0 Å². The highest BCUT2D eigenvalue weighted by atomic mass is 16.2. The lowest BCUT2D eigenvalue weighted by molar-refractivity contribution is -0.129. The summed E-state index contributed by atoms with van der Waals surface area (Å²) < 4.78 is 0. The molecule has 1 heterocycles. The maximum Gasteiger partial charge on any atom is 0.253 e. The first-order chi connectivity index (χ1) is 10.7. The van der Waals surface area contributed by atoms with Crippen LogP contribution in [0.2, 0.25) is 0 Å². The van der Waals surface area contributed by atoms with E-state index in [1.54, 1.807) is 0 Å². The van der Waals surface area contributed by atoms with Gasteiger partial charge in [0.1, 0.15) is 0 Å². The van der Waals surface area contributed by atoms with E-state index in [1.165, 1.54) is 6.08 Å². The Morgan fingerprint density at radius 1 is 1.27 bits per heavy atom. The van der Waals surface area contributed by atoms with Crippen LogP contribution >= 0.6 is 0 Å². The van der Waals surface area contributed by atoms with Gasteiger partial charge in [-0.25, -0.2) is 0 Å². The van der Waals surface area contributed by atoms with Crippen LogP contribution in [-0.2, 0) is 4.79 Å². The fourth-order valence-corrected chi connectivity index (χ4v) is 2.97. The van der Waals surface area contributed by atoms with E-state index >= 15 is 0 Å². The van der Waals surface area contributed by atoms with Crippen molar-refractivity contribution in [3.8, 4) is 0 Å². The molecule has 4 heteroatoms. The van der Waals surface area contributed by atoms with Gasteiger partial charge >= 0.3 is 0 Å².